The van der Waals surface area contributed by atoms with Crippen molar-refractivity contribution in [1.29, 1.82) is 5.26 Å². The first-order valence-corrected chi connectivity index (χ1v) is 5.80. The summed E-state index contributed by atoms with van der Waals surface area (Å²) in [6.45, 7) is 1.62. The van der Waals surface area contributed by atoms with Crippen molar-refractivity contribution in [2.45, 2.75) is 6.42 Å². The quantitative estimate of drug-likeness (QED) is 0.753. The Morgan fingerprint density at radius 1 is 1.33 bits per heavy atom. The molecular weight excluding hydrogens is 233 g/mol. The zero-order valence-electron chi connectivity index (χ0n) is 10.2. The van der Waals surface area contributed by atoms with Gasteiger partial charge in [-0.05, 0) is 24.6 Å². The van der Waals surface area contributed by atoms with Crippen molar-refractivity contribution >= 4 is 11.6 Å². The molecule has 0 N–H and O–H groups in total. The van der Waals surface area contributed by atoms with Gasteiger partial charge in [-0.1, -0.05) is 0 Å². The van der Waals surface area contributed by atoms with Crippen LogP contribution in [0.1, 0.15) is 12.0 Å². The van der Waals surface area contributed by atoms with Gasteiger partial charge in [-0.2, -0.15) is 5.26 Å². The van der Waals surface area contributed by atoms with Gasteiger partial charge < -0.3 is 9.80 Å². The molecule has 1 heterocycles. The molecule has 0 aromatic heterocycles. The Labute approximate surface area is 105 Å². The largest absolute Gasteiger partial charge is 0.362 e. The van der Waals surface area contributed by atoms with E-state index in [1.165, 1.54) is 12.1 Å². The monoisotopic (exact) mass is 247 g/mol. The number of anilines is 1. The van der Waals surface area contributed by atoms with Gasteiger partial charge in [0.15, 0.2) is 0 Å². The van der Waals surface area contributed by atoms with Crippen molar-refractivity contribution in [2.75, 3.05) is 31.6 Å². The highest BCUT2D eigenvalue weighted by Gasteiger charge is 2.19. The highest BCUT2D eigenvalue weighted by Crippen LogP contribution is 2.20. The summed E-state index contributed by atoms with van der Waals surface area (Å²) >= 11 is 0. The minimum atomic E-state index is -0.450. The number of nitrogens with zero attached hydrogens (tertiary/aromatic N) is 3. The molecule has 0 bridgehead atoms. The van der Waals surface area contributed by atoms with Gasteiger partial charge in [0, 0.05) is 25.8 Å². The molecule has 1 aliphatic rings. The van der Waals surface area contributed by atoms with Gasteiger partial charge in [-0.3, -0.25) is 4.79 Å². The Hall–Kier alpha value is -2.09. The summed E-state index contributed by atoms with van der Waals surface area (Å²) in [6, 6.07) is 6.08. The van der Waals surface area contributed by atoms with Gasteiger partial charge in [0.25, 0.3) is 0 Å². The number of rotatable bonds is 1. The average molecular weight is 247 g/mol. The van der Waals surface area contributed by atoms with Crippen molar-refractivity contribution in [3.05, 3.63) is 29.6 Å². The molecule has 94 valence electrons. The van der Waals surface area contributed by atoms with Gasteiger partial charge in [0.2, 0.25) is 5.91 Å². The second-order valence-electron chi connectivity index (χ2n) is 4.40. The number of halogens is 1. The molecule has 4 nitrogen and oxygen atoms in total. The number of carbonyl (C=O) groups is 1. The predicted octanol–water partition coefficient (Wildman–Crippen LogP) is 1.37. The van der Waals surface area contributed by atoms with E-state index in [4.69, 9.17) is 5.26 Å². The molecule has 5 heteroatoms. The van der Waals surface area contributed by atoms with Crippen LogP contribution in [-0.2, 0) is 4.79 Å². The van der Waals surface area contributed by atoms with Gasteiger partial charge in [-0.25, -0.2) is 4.39 Å². The zero-order chi connectivity index (χ0) is 13.1. The van der Waals surface area contributed by atoms with Crippen molar-refractivity contribution in [3.8, 4) is 6.07 Å². The summed E-state index contributed by atoms with van der Waals surface area (Å²) in [5.74, 6) is -0.440. The molecular formula is C13H14FN3O. The third-order valence-corrected chi connectivity index (χ3v) is 3.05. The van der Waals surface area contributed by atoms with Crippen molar-refractivity contribution < 1.29 is 9.18 Å². The average Bonchev–Trinajstić information content (AvgIpc) is 2.51. The lowest BCUT2D eigenvalue weighted by molar-refractivity contribution is -0.127. The Bertz CT molecular complexity index is 509. The van der Waals surface area contributed by atoms with E-state index in [1.807, 2.05) is 11.0 Å². The van der Waals surface area contributed by atoms with Crippen molar-refractivity contribution in [1.82, 2.24) is 4.90 Å². The molecule has 1 aromatic carbocycles. The van der Waals surface area contributed by atoms with Crippen LogP contribution in [0.2, 0.25) is 0 Å². The molecule has 0 atom stereocenters. The fraction of sp³-hybridized carbons (Fsp3) is 0.385. The molecule has 1 amide bonds. The van der Waals surface area contributed by atoms with E-state index in [1.54, 1.807) is 18.0 Å². The fourth-order valence-corrected chi connectivity index (χ4v) is 2.03. The molecule has 0 unspecified atom stereocenters. The topological polar surface area (TPSA) is 47.3 Å². The minimum Gasteiger partial charge on any atom is -0.362 e. The van der Waals surface area contributed by atoms with Crippen LogP contribution in [0.25, 0.3) is 0 Å². The SMILES string of the molecule is CN1CCCN(c2cc(F)cc(C#N)c2)CC1=O. The molecule has 0 radical (unpaired) electrons. The second kappa shape index (κ2) is 5.05. The Kier molecular flexibility index (Phi) is 3.47. The summed E-state index contributed by atoms with van der Waals surface area (Å²) in [5.41, 5.74) is 0.866. The molecule has 1 saturated heterocycles. The first-order chi connectivity index (χ1) is 8.60. The minimum absolute atomic E-state index is 0.00951. The van der Waals surface area contributed by atoms with Gasteiger partial charge in [-0.15, -0.1) is 0 Å². The van der Waals surface area contributed by atoms with E-state index in [2.05, 4.69) is 0 Å². The van der Waals surface area contributed by atoms with E-state index in [0.29, 0.717) is 18.8 Å². The number of benzene rings is 1. The Morgan fingerprint density at radius 3 is 2.83 bits per heavy atom. The number of likely N-dealkylation sites (N-methyl/N-ethyl adjacent to an activating group) is 1. The Morgan fingerprint density at radius 2 is 2.11 bits per heavy atom. The summed E-state index contributed by atoms with van der Waals surface area (Å²) in [4.78, 5) is 15.2. The lowest BCUT2D eigenvalue weighted by Crippen LogP contribution is -2.34. The van der Waals surface area contributed by atoms with Gasteiger partial charge in [0.05, 0.1) is 18.2 Å². The normalized spacial score (nSPS) is 16.4. The van der Waals surface area contributed by atoms with Crippen LogP contribution in [0.15, 0.2) is 18.2 Å². The zero-order valence-corrected chi connectivity index (χ0v) is 10.2. The fourth-order valence-electron chi connectivity index (χ4n) is 2.03. The number of nitriles is 1. The number of amides is 1. The predicted molar refractivity (Wildman–Crippen MR) is 65.6 cm³/mol. The van der Waals surface area contributed by atoms with Gasteiger partial charge >= 0.3 is 0 Å². The first-order valence-electron chi connectivity index (χ1n) is 5.80. The first kappa shape index (κ1) is 12.4. The highest BCUT2D eigenvalue weighted by molar-refractivity contribution is 5.81. The summed E-state index contributed by atoms with van der Waals surface area (Å²) in [5, 5.41) is 8.82. The lowest BCUT2D eigenvalue weighted by Gasteiger charge is -2.22. The number of hydrogen-bond donors (Lipinski definition) is 0. The third-order valence-electron chi connectivity index (χ3n) is 3.05. The summed E-state index contributed by atoms with van der Waals surface area (Å²) < 4.78 is 13.4. The number of hydrogen-bond acceptors (Lipinski definition) is 3. The van der Waals surface area contributed by atoms with E-state index in [0.717, 1.165) is 6.42 Å². The molecule has 2 rings (SSSR count). The lowest BCUT2D eigenvalue weighted by atomic mass is 10.2. The highest BCUT2D eigenvalue weighted by atomic mass is 19.1. The van der Waals surface area contributed by atoms with Crippen LogP contribution in [0, 0.1) is 17.1 Å². The maximum absolute atomic E-state index is 13.4. The summed E-state index contributed by atoms with van der Waals surface area (Å²) in [6.07, 6.45) is 0.834. The van der Waals surface area contributed by atoms with E-state index in [-0.39, 0.29) is 18.0 Å². The Balaban J connectivity index is 2.28. The van der Waals surface area contributed by atoms with Crippen LogP contribution in [-0.4, -0.2) is 37.5 Å². The van der Waals surface area contributed by atoms with E-state index < -0.39 is 5.82 Å². The standard InChI is InChI=1S/C13H14FN3O/c1-16-3-2-4-17(9-13(16)18)12-6-10(8-15)5-11(14)7-12/h5-7H,2-4,9H2,1H3. The molecule has 0 aliphatic carbocycles. The third kappa shape index (κ3) is 2.59. The second-order valence-corrected chi connectivity index (χ2v) is 4.40. The number of carbonyl (C=O) groups excluding carboxylic acids is 1. The van der Waals surface area contributed by atoms with Crippen LogP contribution >= 0.6 is 0 Å². The molecule has 18 heavy (non-hydrogen) atoms. The summed E-state index contributed by atoms with van der Waals surface area (Å²) in [7, 11) is 1.76. The van der Waals surface area contributed by atoms with Crippen molar-refractivity contribution in [3.63, 3.8) is 0 Å². The van der Waals surface area contributed by atoms with Crippen LogP contribution in [0.3, 0.4) is 0 Å². The van der Waals surface area contributed by atoms with Crippen molar-refractivity contribution in [2.24, 2.45) is 0 Å². The molecule has 0 saturated carbocycles. The van der Waals surface area contributed by atoms with Crippen LogP contribution < -0.4 is 4.90 Å². The maximum atomic E-state index is 13.4. The molecule has 0 spiro atoms. The van der Waals surface area contributed by atoms with Crippen LogP contribution in [0.5, 0.6) is 0 Å². The molecule has 1 aromatic rings. The van der Waals surface area contributed by atoms with Gasteiger partial charge in [0.1, 0.15) is 5.82 Å². The smallest absolute Gasteiger partial charge is 0.241 e. The van der Waals surface area contributed by atoms with E-state index in [9.17, 15) is 9.18 Å². The van der Waals surface area contributed by atoms with E-state index >= 15 is 0 Å². The maximum Gasteiger partial charge on any atom is 0.241 e. The molecule has 1 aliphatic heterocycles. The molecule has 1 fully saturated rings. The van der Waals surface area contributed by atoms with Crippen LogP contribution in [0.4, 0.5) is 10.1 Å².